The van der Waals surface area contributed by atoms with E-state index in [1.54, 1.807) is 9.80 Å². The number of nitrogens with two attached hydrogens (primary N) is 2. The molecule has 798 valence electrons. The summed E-state index contributed by atoms with van der Waals surface area (Å²) < 4.78 is 5.35. The molecule has 0 spiro atoms. The third-order valence-electron chi connectivity index (χ3n) is 30.8. The largest absolute Gasteiger partial charge is 0.378 e. The number of carbonyl (C=O) groups excluding carboxylic acids is 18. The number of morpholine rings is 1. The van der Waals surface area contributed by atoms with Gasteiger partial charge in [-0.2, -0.15) is 0 Å². The average molecular weight is 2020 g/mol. The van der Waals surface area contributed by atoms with Crippen LogP contribution in [0.25, 0.3) is 0 Å². The van der Waals surface area contributed by atoms with Crippen LogP contribution in [0.5, 0.6) is 0 Å². The molecule has 18 amide bonds. The molecular formula is C104H166ClN19O19. The first kappa shape index (κ1) is 116. The van der Waals surface area contributed by atoms with E-state index in [9.17, 15) is 86.3 Å². The van der Waals surface area contributed by atoms with Crippen molar-refractivity contribution in [1.29, 1.82) is 0 Å². The van der Waals surface area contributed by atoms with Crippen LogP contribution >= 0.6 is 11.6 Å². The van der Waals surface area contributed by atoms with Crippen LogP contribution in [-0.2, 0) is 76.7 Å². The first-order valence-electron chi connectivity index (χ1n) is 51.3. The molecule has 39 heteroatoms. The van der Waals surface area contributed by atoms with Crippen molar-refractivity contribution in [3.8, 4) is 0 Å². The Hall–Kier alpha value is -10.5. The van der Waals surface area contributed by atoms with E-state index in [0.717, 1.165) is 44.2 Å². The van der Waals surface area contributed by atoms with Crippen LogP contribution in [0.4, 0.5) is 20.1 Å². The smallest absolute Gasteiger partial charge is 0.316 e. The third kappa shape index (κ3) is 28.6. The van der Waals surface area contributed by atoms with E-state index in [1.165, 1.54) is 20.8 Å². The summed E-state index contributed by atoms with van der Waals surface area (Å²) in [5, 5.41) is 31.3. The summed E-state index contributed by atoms with van der Waals surface area (Å²) in [4.78, 5) is 250. The van der Waals surface area contributed by atoms with Crippen molar-refractivity contribution in [1.82, 2.24) is 83.0 Å². The number of likely N-dealkylation sites (tertiary alicyclic amines) is 3. The van der Waals surface area contributed by atoms with Gasteiger partial charge in [-0.3, -0.25) is 71.9 Å². The number of carbonyl (C=O) groups is 18. The molecule has 18 atom stereocenters. The molecule has 5 heterocycles. The number of Topliss-reactive ketones (excluding diaryl/α,β-unsaturated/α-hetero) is 3. The lowest BCUT2D eigenvalue weighted by molar-refractivity contribution is -0.145. The number of hydrogen-bond donors (Lipinski definition) is 13. The number of urea groups is 3. The van der Waals surface area contributed by atoms with Crippen molar-refractivity contribution in [2.75, 3.05) is 83.6 Å². The standard InChI is InChI=1S/C37H54ClN7O6.C35H60N6O6.C32H52N6O7/c1-20(2)27(33(49)44-15-13-43(14-16-44)23-10-8-9-22(38)18-23)41-35(51)42-30(36(3,4)5)34(50)45-19-24-26(37(24,6)7)28(45)32(48)40-25(17-21-11-12-21)29(46)31(39)47;1-14-16-17-21(24(42)28(44)36-18-15-2)37-27(43)23-22-20(35(22,12)13)19-41(23)30(46)26(33(6,7)8)39-31(47)38-25(32(3,4)5)29(45)40-34(9,10)11;1-17(2)22(28(42)37-11-13-45-14-12-37)35-30(44)36-25(31(3,4)5)29(43)38-16-19-21(32(19,6)7)23(38)27(41)34-20(24(39)26(33)40)15-18-9-8-10-18/h8-10,18,20-21,24-28,30H,11-17,19H2,1-7H3,(H2,39,47)(H,40,48)(H2,41,42,51);15,20-23,25-26H,2,14,16-19H2,1,3-13H3,(H,36,44)(H,37,43)(H,40,45)(H2,38,39,47);17-23,25H,8-16H2,1-7H3,(H2,33,40)(H,34,41)(H2,35,36,44)/t24-,25?,26-,27-,28-,30+;20-,21?,22-,23-,25+,26+;19-,20?,21-,22-,23-,25+/m000/s1. The number of piperazine rings is 1. The fraction of sp³-hybridized carbons (Fsp3) is 0.750. The number of unbranched alkanes of at least 4 members (excludes halogenated alkanes) is 1. The van der Waals surface area contributed by atoms with Gasteiger partial charge in [0.05, 0.1) is 31.3 Å². The quantitative estimate of drug-likeness (QED) is 0.0255. The Labute approximate surface area is 849 Å². The molecule has 3 unspecified atom stereocenters. The molecule has 0 radical (unpaired) electrons. The van der Waals surface area contributed by atoms with Crippen LogP contribution in [0.15, 0.2) is 36.9 Å². The van der Waals surface area contributed by atoms with E-state index in [4.69, 9.17) is 27.8 Å². The maximum atomic E-state index is 14.4. The minimum Gasteiger partial charge on any atom is -0.378 e. The van der Waals surface area contributed by atoms with Gasteiger partial charge in [-0.25, -0.2) is 14.4 Å². The number of amides is 18. The molecule has 5 saturated heterocycles. The maximum absolute atomic E-state index is 14.4. The highest BCUT2D eigenvalue weighted by atomic mass is 35.5. The number of anilines is 1. The number of primary amides is 2. The molecule has 10 fully saturated rings. The zero-order chi connectivity index (χ0) is 107. The molecule has 11 rings (SSSR count). The molecule has 1 aromatic rings. The highest BCUT2D eigenvalue weighted by Crippen LogP contribution is 2.67. The molecule has 0 aromatic heterocycles. The summed E-state index contributed by atoms with van der Waals surface area (Å²) in [6.07, 6.45) is 8.47. The molecule has 38 nitrogen and oxygen atoms in total. The van der Waals surface area contributed by atoms with E-state index in [2.05, 4.69) is 97.7 Å². The minimum absolute atomic E-state index is 0.0580. The topological polar surface area (TPSA) is 520 Å². The van der Waals surface area contributed by atoms with Gasteiger partial charge in [-0.15, -0.1) is 6.58 Å². The summed E-state index contributed by atoms with van der Waals surface area (Å²) in [5.41, 5.74) is 7.62. The fourth-order valence-corrected chi connectivity index (χ4v) is 21.6. The zero-order valence-electron chi connectivity index (χ0n) is 89.3. The Bertz CT molecular complexity index is 4900. The maximum Gasteiger partial charge on any atom is 0.316 e. The predicted octanol–water partition coefficient (Wildman–Crippen LogP) is 6.40. The lowest BCUT2D eigenvalue weighted by atomic mass is 9.80. The Kier molecular flexibility index (Phi) is 37.4. The fourth-order valence-electron chi connectivity index (χ4n) is 21.4. The lowest BCUT2D eigenvalue weighted by Crippen LogP contribution is -2.63. The van der Waals surface area contributed by atoms with Crippen LogP contribution in [0.1, 0.15) is 244 Å². The number of nitrogens with zero attached hydrogens (tertiary/aromatic N) is 6. The average Bonchev–Trinajstić information content (AvgIpc) is 1.53. The molecule has 1 aromatic carbocycles. The van der Waals surface area contributed by atoms with E-state index in [-0.39, 0.29) is 106 Å². The molecule has 15 N–H and O–H groups in total. The number of benzene rings is 1. The number of piperidine rings is 3. The zero-order valence-corrected chi connectivity index (χ0v) is 90.1. The number of rotatable bonds is 36. The van der Waals surface area contributed by atoms with Crippen molar-refractivity contribution in [3.05, 3.63) is 41.9 Å². The molecule has 5 aliphatic heterocycles. The predicted molar refractivity (Wildman–Crippen MR) is 541 cm³/mol. The second kappa shape index (κ2) is 46.0. The van der Waals surface area contributed by atoms with Crippen molar-refractivity contribution in [2.45, 2.75) is 322 Å². The SMILES string of the molecule is C=CCNC(=O)C(=O)C(CCCC)NC(=O)[C@@H]1[C@@H]2[C@H](CN1C(=O)[C@@H](NC(=O)N[C@H](C(=O)NC(C)(C)C)C(C)(C)C)C(C)(C)C)C2(C)C.CC(C)[C@H](NC(=O)N[C@H](C(=O)N1C[C@H]2[C@@H]([C@H]1C(=O)NC(CC1CC1)C(=O)C(N)=O)C2(C)C)C(C)(C)C)C(=O)N1CCN(c2cccc(Cl)c2)CC1.CC(C)[C@H](NC(=O)N[C@H](C(=O)N1C[C@H]2[C@@H]([C@H]1C(=O)NC(CC1CCC1)C(=O)C(N)=O)C2(C)C)C(C)(C)C)C(=O)N1CCOCC1. The summed E-state index contributed by atoms with van der Waals surface area (Å²) >= 11 is 6.18. The number of hydrogen-bond acceptors (Lipinski definition) is 20. The van der Waals surface area contributed by atoms with Gasteiger partial charge in [0.2, 0.25) is 70.5 Å². The number of ketones is 3. The van der Waals surface area contributed by atoms with Gasteiger partial charge < -0.3 is 104 Å². The Morgan fingerprint density at radius 2 is 0.825 bits per heavy atom. The van der Waals surface area contributed by atoms with E-state index >= 15 is 0 Å². The second-order valence-electron chi connectivity index (χ2n) is 49.0. The van der Waals surface area contributed by atoms with E-state index in [1.807, 2.05) is 177 Å². The molecule has 143 heavy (non-hydrogen) atoms. The third-order valence-corrected chi connectivity index (χ3v) is 31.0. The number of fused-ring (bicyclic) bond motifs is 3. The lowest BCUT2D eigenvalue weighted by Gasteiger charge is -2.39. The second-order valence-corrected chi connectivity index (χ2v) is 49.4. The molecule has 5 aliphatic carbocycles. The monoisotopic (exact) mass is 2020 g/mol. The van der Waals surface area contributed by atoms with Crippen molar-refractivity contribution in [2.24, 2.45) is 109 Å². The van der Waals surface area contributed by atoms with Crippen molar-refractivity contribution in [3.63, 3.8) is 0 Å². The number of halogens is 1. The van der Waals surface area contributed by atoms with Crippen LogP contribution < -0.4 is 74.9 Å². The van der Waals surface area contributed by atoms with Gasteiger partial charge in [-0.05, 0) is 155 Å². The van der Waals surface area contributed by atoms with Crippen molar-refractivity contribution < 1.29 is 91.0 Å². The molecule has 5 saturated carbocycles. The van der Waals surface area contributed by atoms with Crippen LogP contribution in [0.3, 0.4) is 0 Å². The van der Waals surface area contributed by atoms with Crippen LogP contribution in [-0.4, -0.2) is 288 Å². The molecular weight excluding hydrogens is 1850 g/mol. The summed E-state index contributed by atoms with van der Waals surface area (Å²) in [7, 11) is 0. The summed E-state index contributed by atoms with van der Waals surface area (Å²) in [6.45, 7) is 57.7. The van der Waals surface area contributed by atoms with E-state index < -0.39 is 188 Å². The Balaban J connectivity index is 0.000000240. The Morgan fingerprint density at radius 3 is 1.15 bits per heavy atom. The normalized spacial score (nSPS) is 24.2. The van der Waals surface area contributed by atoms with Gasteiger partial charge >= 0.3 is 18.1 Å². The molecule has 10 aliphatic rings. The van der Waals surface area contributed by atoms with Gasteiger partial charge in [0.1, 0.15) is 54.4 Å². The van der Waals surface area contributed by atoms with Gasteiger partial charge in [-0.1, -0.05) is 228 Å². The first-order valence-corrected chi connectivity index (χ1v) is 51.6. The molecule has 0 bridgehead atoms. The van der Waals surface area contributed by atoms with Crippen LogP contribution in [0, 0.1) is 97.1 Å². The van der Waals surface area contributed by atoms with Gasteiger partial charge in [0, 0.05) is 81.7 Å². The summed E-state index contributed by atoms with van der Waals surface area (Å²) in [5.74, 6) is -9.17. The summed E-state index contributed by atoms with van der Waals surface area (Å²) in [6, 6.07) is -5.77. The minimum atomic E-state index is -1.11. The van der Waals surface area contributed by atoms with Crippen molar-refractivity contribution >= 4 is 124 Å². The first-order chi connectivity index (χ1) is 66.1. The van der Waals surface area contributed by atoms with Gasteiger partial charge in [0.15, 0.2) is 0 Å². The number of ether oxygens (including phenoxy) is 1. The van der Waals surface area contributed by atoms with Crippen LogP contribution in [0.2, 0.25) is 5.02 Å². The number of nitrogens with one attached hydrogen (secondary N) is 11. The highest BCUT2D eigenvalue weighted by molar-refractivity contribution is 6.39. The highest BCUT2D eigenvalue weighted by Gasteiger charge is 2.73. The van der Waals surface area contributed by atoms with E-state index in [0.29, 0.717) is 96.4 Å². The Morgan fingerprint density at radius 1 is 0.469 bits per heavy atom. The van der Waals surface area contributed by atoms with Gasteiger partial charge in [0.25, 0.3) is 17.7 Å².